The summed E-state index contributed by atoms with van der Waals surface area (Å²) < 4.78 is 10.8. The summed E-state index contributed by atoms with van der Waals surface area (Å²) in [4.78, 5) is 27.4. The van der Waals surface area contributed by atoms with Crippen molar-refractivity contribution in [2.45, 2.75) is 44.3 Å². The molecule has 27 heavy (non-hydrogen) atoms. The molecular formula is C20H29N3O4. The van der Waals surface area contributed by atoms with Crippen LogP contribution in [0.1, 0.15) is 35.2 Å². The SMILES string of the molecule is CNC(=O)[C@@H]1C[C@@H](NC(=O)c2cccc(OC)c2C)CN1C1CCOCC1. The van der Waals surface area contributed by atoms with E-state index < -0.39 is 0 Å². The maximum Gasteiger partial charge on any atom is 0.251 e. The molecule has 0 aromatic heterocycles. The number of rotatable bonds is 5. The van der Waals surface area contributed by atoms with E-state index in [1.54, 1.807) is 20.2 Å². The summed E-state index contributed by atoms with van der Waals surface area (Å²) in [7, 11) is 3.26. The fourth-order valence-electron chi connectivity index (χ4n) is 4.16. The predicted molar refractivity (Wildman–Crippen MR) is 102 cm³/mol. The summed E-state index contributed by atoms with van der Waals surface area (Å²) in [5.74, 6) is 0.581. The van der Waals surface area contributed by atoms with Crippen LogP contribution in [-0.2, 0) is 9.53 Å². The van der Waals surface area contributed by atoms with Gasteiger partial charge < -0.3 is 20.1 Å². The average Bonchev–Trinajstić information content (AvgIpc) is 3.12. The summed E-state index contributed by atoms with van der Waals surface area (Å²) in [6.45, 7) is 4.00. The number of hydrogen-bond donors (Lipinski definition) is 2. The zero-order chi connectivity index (χ0) is 19.4. The molecule has 2 amide bonds. The van der Waals surface area contributed by atoms with Crippen LogP contribution in [-0.4, -0.2) is 68.8 Å². The molecule has 2 heterocycles. The van der Waals surface area contributed by atoms with Crippen molar-refractivity contribution >= 4 is 11.8 Å². The molecule has 2 fully saturated rings. The highest BCUT2D eigenvalue weighted by molar-refractivity contribution is 5.96. The van der Waals surface area contributed by atoms with E-state index in [2.05, 4.69) is 15.5 Å². The molecule has 0 aliphatic carbocycles. The summed E-state index contributed by atoms with van der Waals surface area (Å²) in [6.07, 6.45) is 2.46. The third kappa shape index (κ3) is 4.25. The Bertz CT molecular complexity index is 688. The van der Waals surface area contributed by atoms with Gasteiger partial charge in [0.2, 0.25) is 5.91 Å². The maximum absolute atomic E-state index is 12.8. The van der Waals surface area contributed by atoms with Gasteiger partial charge in [-0.1, -0.05) is 6.07 Å². The lowest BCUT2D eigenvalue weighted by Crippen LogP contribution is -2.48. The molecule has 3 rings (SSSR count). The first kappa shape index (κ1) is 19.6. The average molecular weight is 375 g/mol. The second-order valence-electron chi connectivity index (χ2n) is 7.21. The van der Waals surface area contributed by atoms with E-state index in [0.717, 1.165) is 31.6 Å². The number of carbonyl (C=O) groups excluding carboxylic acids is 2. The van der Waals surface area contributed by atoms with Crippen molar-refractivity contribution in [3.8, 4) is 5.75 Å². The van der Waals surface area contributed by atoms with Gasteiger partial charge in [-0.2, -0.15) is 0 Å². The van der Waals surface area contributed by atoms with E-state index in [0.29, 0.717) is 30.3 Å². The van der Waals surface area contributed by atoms with Gasteiger partial charge in [-0.05, 0) is 38.3 Å². The van der Waals surface area contributed by atoms with Crippen LogP contribution in [0.5, 0.6) is 5.75 Å². The van der Waals surface area contributed by atoms with Gasteiger partial charge in [0.05, 0.1) is 13.2 Å². The highest BCUT2D eigenvalue weighted by Gasteiger charge is 2.41. The second-order valence-corrected chi connectivity index (χ2v) is 7.21. The Morgan fingerprint density at radius 1 is 1.26 bits per heavy atom. The number of carbonyl (C=O) groups is 2. The van der Waals surface area contributed by atoms with Crippen molar-refractivity contribution in [3.63, 3.8) is 0 Å². The Morgan fingerprint density at radius 3 is 2.67 bits per heavy atom. The van der Waals surface area contributed by atoms with Crippen molar-refractivity contribution in [1.82, 2.24) is 15.5 Å². The molecule has 7 nitrogen and oxygen atoms in total. The number of ether oxygens (including phenoxy) is 2. The van der Waals surface area contributed by atoms with Crippen LogP contribution in [0.2, 0.25) is 0 Å². The molecule has 2 aliphatic heterocycles. The minimum absolute atomic E-state index is 0.0100. The van der Waals surface area contributed by atoms with E-state index >= 15 is 0 Å². The van der Waals surface area contributed by atoms with Gasteiger partial charge in [0.25, 0.3) is 5.91 Å². The van der Waals surface area contributed by atoms with E-state index in [4.69, 9.17) is 9.47 Å². The van der Waals surface area contributed by atoms with Crippen molar-refractivity contribution in [1.29, 1.82) is 0 Å². The van der Waals surface area contributed by atoms with Gasteiger partial charge in [-0.25, -0.2) is 0 Å². The number of nitrogens with one attached hydrogen (secondary N) is 2. The highest BCUT2D eigenvalue weighted by Crippen LogP contribution is 2.27. The highest BCUT2D eigenvalue weighted by atomic mass is 16.5. The van der Waals surface area contributed by atoms with Crippen LogP contribution in [0.4, 0.5) is 0 Å². The van der Waals surface area contributed by atoms with Crippen molar-refractivity contribution in [2.24, 2.45) is 0 Å². The van der Waals surface area contributed by atoms with Crippen LogP contribution in [0.3, 0.4) is 0 Å². The Hall–Kier alpha value is -2.12. The molecule has 1 aromatic rings. The number of amides is 2. The summed E-state index contributed by atoms with van der Waals surface area (Å²) in [6, 6.07) is 5.51. The van der Waals surface area contributed by atoms with Gasteiger partial charge in [0.15, 0.2) is 0 Å². The Kier molecular flexibility index (Phi) is 6.34. The molecule has 2 atom stereocenters. The molecule has 7 heteroatoms. The first-order valence-electron chi connectivity index (χ1n) is 9.54. The molecule has 0 bridgehead atoms. The monoisotopic (exact) mass is 375 g/mol. The predicted octanol–water partition coefficient (Wildman–Crippen LogP) is 1.10. The number of likely N-dealkylation sites (tertiary alicyclic amines) is 1. The summed E-state index contributed by atoms with van der Waals surface area (Å²) >= 11 is 0. The van der Waals surface area contributed by atoms with Gasteiger partial charge in [-0.15, -0.1) is 0 Å². The zero-order valence-electron chi connectivity index (χ0n) is 16.3. The third-order valence-electron chi connectivity index (χ3n) is 5.63. The summed E-state index contributed by atoms with van der Waals surface area (Å²) in [5, 5.41) is 5.88. The normalized spacial score (nSPS) is 23.8. The number of methoxy groups -OCH3 is 1. The molecular weight excluding hydrogens is 346 g/mol. The van der Waals surface area contributed by atoms with E-state index in [-0.39, 0.29) is 23.9 Å². The van der Waals surface area contributed by atoms with E-state index in [9.17, 15) is 9.59 Å². The number of benzene rings is 1. The molecule has 0 spiro atoms. The fraction of sp³-hybridized carbons (Fsp3) is 0.600. The van der Waals surface area contributed by atoms with E-state index in [1.165, 1.54) is 0 Å². The second kappa shape index (κ2) is 8.71. The quantitative estimate of drug-likeness (QED) is 0.806. The Balaban J connectivity index is 1.71. The van der Waals surface area contributed by atoms with Crippen LogP contribution in [0, 0.1) is 6.92 Å². The van der Waals surface area contributed by atoms with Gasteiger partial charge in [0, 0.05) is 50.0 Å². The number of nitrogens with zero attached hydrogens (tertiary/aromatic N) is 1. The van der Waals surface area contributed by atoms with Crippen LogP contribution < -0.4 is 15.4 Å². The Labute approximate surface area is 160 Å². The van der Waals surface area contributed by atoms with Crippen LogP contribution in [0.15, 0.2) is 18.2 Å². The molecule has 0 radical (unpaired) electrons. The minimum atomic E-state index is -0.213. The Morgan fingerprint density at radius 2 is 2.00 bits per heavy atom. The molecule has 148 valence electrons. The largest absolute Gasteiger partial charge is 0.496 e. The lowest BCUT2D eigenvalue weighted by molar-refractivity contribution is -0.126. The van der Waals surface area contributed by atoms with Gasteiger partial charge in [-0.3, -0.25) is 14.5 Å². The van der Waals surface area contributed by atoms with Crippen LogP contribution >= 0.6 is 0 Å². The standard InChI is InChI=1S/C20H29N3O4/c1-13-16(5-4-6-18(13)26-3)19(24)22-14-11-17(20(25)21-2)23(12-14)15-7-9-27-10-8-15/h4-6,14-15,17H,7-12H2,1-3H3,(H,21,25)(H,22,24)/t14-,17+/m1/s1. The van der Waals surface area contributed by atoms with Crippen molar-refractivity contribution in [2.75, 3.05) is 33.9 Å². The van der Waals surface area contributed by atoms with Gasteiger partial charge in [0.1, 0.15) is 5.75 Å². The van der Waals surface area contributed by atoms with E-state index in [1.807, 2.05) is 19.1 Å². The maximum atomic E-state index is 12.8. The fourth-order valence-corrected chi connectivity index (χ4v) is 4.16. The number of likely N-dealkylation sites (N-methyl/N-ethyl adjacent to an activating group) is 1. The summed E-state index contributed by atoms with van der Waals surface area (Å²) in [5.41, 5.74) is 1.43. The first-order chi connectivity index (χ1) is 13.0. The molecule has 2 N–H and O–H groups in total. The van der Waals surface area contributed by atoms with Crippen molar-refractivity contribution in [3.05, 3.63) is 29.3 Å². The molecule has 2 aliphatic rings. The minimum Gasteiger partial charge on any atom is -0.496 e. The third-order valence-corrected chi connectivity index (χ3v) is 5.63. The lowest BCUT2D eigenvalue weighted by atomic mass is 10.1. The molecule has 0 saturated carbocycles. The topological polar surface area (TPSA) is 79.9 Å². The zero-order valence-corrected chi connectivity index (χ0v) is 16.3. The van der Waals surface area contributed by atoms with Gasteiger partial charge >= 0.3 is 0 Å². The lowest BCUT2D eigenvalue weighted by Gasteiger charge is -2.34. The van der Waals surface area contributed by atoms with Crippen molar-refractivity contribution < 1.29 is 19.1 Å². The molecule has 2 saturated heterocycles. The number of hydrogen-bond acceptors (Lipinski definition) is 5. The first-order valence-corrected chi connectivity index (χ1v) is 9.54. The van der Waals surface area contributed by atoms with Crippen LogP contribution in [0.25, 0.3) is 0 Å². The molecule has 1 aromatic carbocycles. The molecule has 0 unspecified atom stereocenters. The smallest absolute Gasteiger partial charge is 0.251 e.